The van der Waals surface area contributed by atoms with Gasteiger partial charge in [0.1, 0.15) is 0 Å². The van der Waals surface area contributed by atoms with Gasteiger partial charge >= 0.3 is 0 Å². The standard InChI is InChI=1S/C11H14ClN/c1-2-13-6-5-9-3-4-11(12)7-10(9)8-13/h3-4,7H,2,5-6,8H2,1H3. The average molecular weight is 196 g/mol. The zero-order valence-electron chi connectivity index (χ0n) is 7.89. The van der Waals surface area contributed by atoms with Crippen LogP contribution >= 0.6 is 11.6 Å². The molecule has 2 heteroatoms. The second-order valence-electron chi connectivity index (χ2n) is 3.53. The lowest BCUT2D eigenvalue weighted by molar-refractivity contribution is 0.268. The van der Waals surface area contributed by atoms with Gasteiger partial charge in [0.05, 0.1) is 0 Å². The Bertz CT molecular complexity index is 309. The van der Waals surface area contributed by atoms with Crippen LogP contribution in [0, 0.1) is 0 Å². The van der Waals surface area contributed by atoms with Gasteiger partial charge in [-0.05, 0) is 36.2 Å². The van der Waals surface area contributed by atoms with E-state index in [0.29, 0.717) is 0 Å². The van der Waals surface area contributed by atoms with E-state index in [1.807, 2.05) is 6.07 Å². The van der Waals surface area contributed by atoms with E-state index in [0.717, 1.165) is 18.1 Å². The molecule has 2 rings (SSSR count). The van der Waals surface area contributed by atoms with Crippen LogP contribution in [0.5, 0.6) is 0 Å². The lowest BCUT2D eigenvalue weighted by Gasteiger charge is -2.27. The molecular formula is C11H14ClN. The van der Waals surface area contributed by atoms with Crippen molar-refractivity contribution in [3.8, 4) is 0 Å². The third-order valence-corrected chi connectivity index (χ3v) is 2.94. The molecule has 0 aliphatic carbocycles. The number of benzene rings is 1. The van der Waals surface area contributed by atoms with Gasteiger partial charge in [0.25, 0.3) is 0 Å². The van der Waals surface area contributed by atoms with Gasteiger partial charge in [-0.1, -0.05) is 24.6 Å². The van der Waals surface area contributed by atoms with Crippen molar-refractivity contribution in [2.24, 2.45) is 0 Å². The Morgan fingerprint density at radius 3 is 3.00 bits per heavy atom. The predicted octanol–water partition coefficient (Wildman–Crippen LogP) is 2.72. The van der Waals surface area contributed by atoms with Crippen molar-refractivity contribution in [2.45, 2.75) is 19.9 Å². The first kappa shape index (κ1) is 9.04. The number of nitrogens with zero attached hydrogens (tertiary/aromatic N) is 1. The van der Waals surface area contributed by atoms with Gasteiger partial charge in [-0.15, -0.1) is 0 Å². The minimum Gasteiger partial charge on any atom is -0.299 e. The van der Waals surface area contributed by atoms with Crippen molar-refractivity contribution in [1.82, 2.24) is 4.90 Å². The molecule has 13 heavy (non-hydrogen) atoms. The minimum absolute atomic E-state index is 0.858. The van der Waals surface area contributed by atoms with Crippen molar-refractivity contribution >= 4 is 11.6 Å². The lowest BCUT2D eigenvalue weighted by atomic mass is 10.00. The van der Waals surface area contributed by atoms with Crippen molar-refractivity contribution in [3.63, 3.8) is 0 Å². The molecular weight excluding hydrogens is 182 g/mol. The summed E-state index contributed by atoms with van der Waals surface area (Å²) < 4.78 is 0. The number of fused-ring (bicyclic) bond motifs is 1. The Morgan fingerprint density at radius 1 is 1.38 bits per heavy atom. The van der Waals surface area contributed by atoms with Crippen LogP contribution in [0.25, 0.3) is 0 Å². The summed E-state index contributed by atoms with van der Waals surface area (Å²) in [5.41, 5.74) is 2.87. The van der Waals surface area contributed by atoms with Crippen molar-refractivity contribution in [1.29, 1.82) is 0 Å². The Balaban J connectivity index is 2.27. The molecule has 0 amide bonds. The average Bonchev–Trinajstić information content (AvgIpc) is 2.16. The topological polar surface area (TPSA) is 3.24 Å². The third-order valence-electron chi connectivity index (χ3n) is 2.71. The molecule has 1 nitrogen and oxygen atoms in total. The molecule has 0 bridgehead atoms. The summed E-state index contributed by atoms with van der Waals surface area (Å²) in [5, 5.41) is 0.858. The van der Waals surface area contributed by atoms with Crippen LogP contribution < -0.4 is 0 Å². The van der Waals surface area contributed by atoms with Crippen LogP contribution in [-0.4, -0.2) is 18.0 Å². The third kappa shape index (κ3) is 1.87. The fourth-order valence-corrected chi connectivity index (χ4v) is 2.05. The van der Waals surface area contributed by atoms with Gasteiger partial charge < -0.3 is 0 Å². The van der Waals surface area contributed by atoms with Crippen molar-refractivity contribution in [2.75, 3.05) is 13.1 Å². The van der Waals surface area contributed by atoms with Crippen molar-refractivity contribution < 1.29 is 0 Å². The van der Waals surface area contributed by atoms with E-state index in [1.54, 1.807) is 0 Å². The maximum absolute atomic E-state index is 5.95. The molecule has 0 radical (unpaired) electrons. The van der Waals surface area contributed by atoms with Gasteiger partial charge in [-0.2, -0.15) is 0 Å². The molecule has 0 aromatic heterocycles. The highest BCUT2D eigenvalue weighted by atomic mass is 35.5. The number of halogens is 1. The normalized spacial score (nSPS) is 17.1. The Morgan fingerprint density at radius 2 is 2.23 bits per heavy atom. The fourth-order valence-electron chi connectivity index (χ4n) is 1.85. The number of rotatable bonds is 1. The van der Waals surface area contributed by atoms with Crippen LogP contribution in [-0.2, 0) is 13.0 Å². The zero-order valence-corrected chi connectivity index (χ0v) is 8.64. The van der Waals surface area contributed by atoms with Crippen LogP contribution in [0.4, 0.5) is 0 Å². The smallest absolute Gasteiger partial charge is 0.0409 e. The highest BCUT2D eigenvalue weighted by Crippen LogP contribution is 2.22. The van der Waals surface area contributed by atoms with E-state index in [4.69, 9.17) is 11.6 Å². The summed E-state index contributed by atoms with van der Waals surface area (Å²) in [6, 6.07) is 6.24. The van der Waals surface area contributed by atoms with Crippen molar-refractivity contribution in [3.05, 3.63) is 34.3 Å². The van der Waals surface area contributed by atoms with Crippen LogP contribution in [0.2, 0.25) is 5.02 Å². The Labute approximate surface area is 84.3 Å². The molecule has 0 N–H and O–H groups in total. The van der Waals surface area contributed by atoms with Crippen LogP contribution in [0.1, 0.15) is 18.1 Å². The predicted molar refractivity (Wildman–Crippen MR) is 56.1 cm³/mol. The van der Waals surface area contributed by atoms with Gasteiger partial charge in [-0.3, -0.25) is 4.90 Å². The molecule has 0 saturated carbocycles. The molecule has 1 heterocycles. The minimum atomic E-state index is 0.858. The van der Waals surface area contributed by atoms with E-state index in [2.05, 4.69) is 24.0 Å². The van der Waals surface area contributed by atoms with E-state index in [-0.39, 0.29) is 0 Å². The second-order valence-corrected chi connectivity index (χ2v) is 3.97. The lowest BCUT2D eigenvalue weighted by Crippen LogP contribution is -2.30. The molecule has 70 valence electrons. The highest BCUT2D eigenvalue weighted by Gasteiger charge is 2.14. The number of hydrogen-bond acceptors (Lipinski definition) is 1. The summed E-state index contributed by atoms with van der Waals surface area (Å²) in [5.74, 6) is 0. The molecule has 1 aromatic rings. The van der Waals surface area contributed by atoms with Gasteiger partial charge in [-0.25, -0.2) is 0 Å². The van der Waals surface area contributed by atoms with E-state index < -0.39 is 0 Å². The van der Waals surface area contributed by atoms with E-state index in [9.17, 15) is 0 Å². The Kier molecular flexibility index (Phi) is 2.56. The molecule has 1 aliphatic rings. The monoisotopic (exact) mass is 195 g/mol. The molecule has 1 aliphatic heterocycles. The van der Waals surface area contributed by atoms with Crippen LogP contribution in [0.3, 0.4) is 0 Å². The molecule has 0 unspecified atom stereocenters. The first-order chi connectivity index (χ1) is 6.29. The summed E-state index contributed by atoms with van der Waals surface area (Å²) in [4.78, 5) is 2.44. The molecule has 1 aromatic carbocycles. The summed E-state index contributed by atoms with van der Waals surface area (Å²) in [6.45, 7) is 5.58. The second kappa shape index (κ2) is 3.69. The van der Waals surface area contributed by atoms with Gasteiger partial charge in [0, 0.05) is 18.1 Å². The molecule has 0 atom stereocenters. The molecule has 0 spiro atoms. The first-order valence-corrected chi connectivity index (χ1v) is 5.17. The van der Waals surface area contributed by atoms with Crippen LogP contribution in [0.15, 0.2) is 18.2 Å². The summed E-state index contributed by atoms with van der Waals surface area (Å²) in [7, 11) is 0. The van der Waals surface area contributed by atoms with Gasteiger partial charge in [0.15, 0.2) is 0 Å². The Hall–Kier alpha value is -0.530. The van der Waals surface area contributed by atoms with Gasteiger partial charge in [0.2, 0.25) is 0 Å². The summed E-state index contributed by atoms with van der Waals surface area (Å²) in [6.07, 6.45) is 1.17. The largest absolute Gasteiger partial charge is 0.299 e. The zero-order chi connectivity index (χ0) is 9.26. The highest BCUT2D eigenvalue weighted by molar-refractivity contribution is 6.30. The molecule has 0 saturated heterocycles. The maximum Gasteiger partial charge on any atom is 0.0409 e. The summed E-state index contributed by atoms with van der Waals surface area (Å²) >= 11 is 5.95. The van der Waals surface area contributed by atoms with E-state index in [1.165, 1.54) is 24.1 Å². The number of hydrogen-bond donors (Lipinski definition) is 0. The SMILES string of the molecule is CCN1CCc2ccc(Cl)cc2C1. The fraction of sp³-hybridized carbons (Fsp3) is 0.455. The maximum atomic E-state index is 5.95. The number of likely N-dealkylation sites (N-methyl/N-ethyl adjacent to an activating group) is 1. The van der Waals surface area contributed by atoms with E-state index >= 15 is 0 Å². The quantitative estimate of drug-likeness (QED) is 0.666. The molecule has 0 fully saturated rings. The first-order valence-electron chi connectivity index (χ1n) is 4.79.